The fraction of sp³-hybridized carbons (Fsp3) is 0.0833. The molecule has 0 amide bonds. The van der Waals surface area contributed by atoms with Crippen LogP contribution in [-0.4, -0.2) is 19.9 Å². The lowest BCUT2D eigenvalue weighted by atomic mass is 10.2. The first-order chi connectivity index (χ1) is 15.7. The van der Waals surface area contributed by atoms with Crippen molar-refractivity contribution in [2.45, 2.75) is 13.5 Å². The highest BCUT2D eigenvalue weighted by Crippen LogP contribution is 2.35. The largest absolute Gasteiger partial charge is 0.393 e. The fourth-order valence-corrected chi connectivity index (χ4v) is 4.39. The van der Waals surface area contributed by atoms with E-state index in [4.69, 9.17) is 5.73 Å². The Morgan fingerprint density at radius 2 is 1.81 bits per heavy atom. The van der Waals surface area contributed by atoms with Gasteiger partial charge in [0.25, 0.3) is 0 Å². The van der Waals surface area contributed by atoms with Gasteiger partial charge in [0.2, 0.25) is 0 Å². The Morgan fingerprint density at radius 1 is 0.969 bits per heavy atom. The van der Waals surface area contributed by atoms with Crippen molar-refractivity contribution in [1.29, 1.82) is 0 Å². The van der Waals surface area contributed by atoms with E-state index in [0.717, 1.165) is 26.7 Å². The first kappa shape index (κ1) is 19.9. The maximum atomic E-state index is 6.56. The summed E-state index contributed by atoms with van der Waals surface area (Å²) in [5, 5.41) is 4.01. The second-order valence-corrected chi connectivity index (χ2v) is 8.37. The van der Waals surface area contributed by atoms with E-state index >= 15 is 0 Å². The average molecular weight is 440 g/mol. The van der Waals surface area contributed by atoms with E-state index in [2.05, 4.69) is 56.4 Å². The highest BCUT2D eigenvalue weighted by atomic mass is 32.1. The maximum absolute atomic E-state index is 6.56. The Balaban J connectivity index is 1.51. The van der Waals surface area contributed by atoms with Gasteiger partial charge in [-0.3, -0.25) is 0 Å². The summed E-state index contributed by atoms with van der Waals surface area (Å²) in [5.41, 5.74) is 10.3. The van der Waals surface area contributed by atoms with Gasteiger partial charge in [-0.2, -0.15) is 0 Å². The molecule has 0 saturated heterocycles. The molecule has 0 aliphatic carbocycles. The van der Waals surface area contributed by atoms with Crippen molar-refractivity contribution in [3.05, 3.63) is 90.4 Å². The van der Waals surface area contributed by atoms with Crippen molar-refractivity contribution in [1.82, 2.24) is 19.9 Å². The number of rotatable bonds is 6. The second kappa shape index (κ2) is 8.60. The summed E-state index contributed by atoms with van der Waals surface area (Å²) in [7, 11) is 0. The lowest BCUT2D eigenvalue weighted by molar-refractivity contribution is 0.918. The van der Waals surface area contributed by atoms with Gasteiger partial charge in [-0.25, -0.2) is 19.9 Å². The monoisotopic (exact) mass is 439 g/mol. The molecule has 0 bridgehead atoms. The van der Waals surface area contributed by atoms with Gasteiger partial charge < -0.3 is 16.0 Å². The first-order valence-electron chi connectivity index (χ1n) is 10.1. The minimum Gasteiger partial charge on any atom is -0.393 e. The lowest BCUT2D eigenvalue weighted by Crippen LogP contribution is -2.21. The van der Waals surface area contributed by atoms with Gasteiger partial charge in [0.05, 0.1) is 16.8 Å². The molecular formula is C24H21N7S. The number of thiazole rings is 1. The van der Waals surface area contributed by atoms with E-state index in [1.165, 1.54) is 11.9 Å². The van der Waals surface area contributed by atoms with Crippen molar-refractivity contribution in [3.63, 3.8) is 0 Å². The molecule has 0 unspecified atom stereocenters. The SMILES string of the molecule is Cc1ccc2nc(Nc3ncnc(N(Cc4ccccc4)c4ccccn4)c3N)sc2c1. The fourth-order valence-electron chi connectivity index (χ4n) is 3.43. The summed E-state index contributed by atoms with van der Waals surface area (Å²) in [6, 6.07) is 22.1. The third-order valence-corrected chi connectivity index (χ3v) is 5.93. The summed E-state index contributed by atoms with van der Waals surface area (Å²) in [6.07, 6.45) is 3.26. The molecule has 0 saturated carbocycles. The van der Waals surface area contributed by atoms with Crippen LogP contribution < -0.4 is 16.0 Å². The molecule has 2 aromatic carbocycles. The summed E-state index contributed by atoms with van der Waals surface area (Å²) in [5.74, 6) is 1.85. The predicted molar refractivity (Wildman–Crippen MR) is 131 cm³/mol. The minimum atomic E-state index is 0.435. The molecule has 3 aromatic heterocycles. The van der Waals surface area contributed by atoms with Crippen LogP contribution in [0.15, 0.2) is 79.3 Å². The van der Waals surface area contributed by atoms with Crippen molar-refractivity contribution >= 4 is 49.8 Å². The standard InChI is InChI=1S/C24H21N7S/c1-16-10-11-18-19(13-16)32-24(29-18)30-22-21(25)23(28-15-27-22)31(20-9-5-6-12-26-20)14-17-7-3-2-4-8-17/h2-13,15H,14,25H2,1H3,(H,27,28,29,30). The number of anilines is 5. The average Bonchev–Trinajstić information content (AvgIpc) is 3.22. The number of pyridine rings is 1. The number of nitrogens with one attached hydrogen (secondary N) is 1. The molecule has 0 radical (unpaired) electrons. The maximum Gasteiger partial charge on any atom is 0.189 e. The number of nitrogens with two attached hydrogens (primary N) is 1. The second-order valence-electron chi connectivity index (χ2n) is 7.33. The van der Waals surface area contributed by atoms with E-state index in [9.17, 15) is 0 Å². The summed E-state index contributed by atoms with van der Waals surface area (Å²) < 4.78 is 1.11. The van der Waals surface area contributed by atoms with E-state index < -0.39 is 0 Å². The van der Waals surface area contributed by atoms with Crippen LogP contribution in [0.1, 0.15) is 11.1 Å². The van der Waals surface area contributed by atoms with Gasteiger partial charge in [0, 0.05) is 6.20 Å². The van der Waals surface area contributed by atoms with E-state index in [-0.39, 0.29) is 0 Å². The molecule has 5 aromatic rings. The molecule has 0 atom stereocenters. The summed E-state index contributed by atoms with van der Waals surface area (Å²) in [4.78, 5) is 20.0. The zero-order valence-electron chi connectivity index (χ0n) is 17.4. The Hall–Kier alpha value is -4.04. The minimum absolute atomic E-state index is 0.435. The smallest absolute Gasteiger partial charge is 0.189 e. The van der Waals surface area contributed by atoms with Crippen LogP contribution in [-0.2, 0) is 6.54 Å². The van der Waals surface area contributed by atoms with Gasteiger partial charge in [0.1, 0.15) is 17.8 Å². The normalized spacial score (nSPS) is 10.9. The van der Waals surface area contributed by atoms with Crippen LogP contribution in [0.4, 0.5) is 28.3 Å². The number of hydrogen-bond acceptors (Lipinski definition) is 8. The Labute approximate surface area is 189 Å². The third kappa shape index (κ3) is 4.08. The first-order valence-corrected chi connectivity index (χ1v) is 11.0. The summed E-state index contributed by atoms with van der Waals surface area (Å²) >= 11 is 1.56. The molecule has 0 aliphatic heterocycles. The number of aryl methyl sites for hydroxylation is 1. The predicted octanol–water partition coefficient (Wildman–Crippen LogP) is 5.45. The molecule has 158 valence electrons. The number of nitrogen functional groups attached to an aromatic ring is 1. The van der Waals surface area contributed by atoms with Gasteiger partial charge in [-0.05, 0) is 42.3 Å². The molecule has 5 rings (SSSR count). The molecule has 0 fully saturated rings. The third-order valence-electron chi connectivity index (χ3n) is 5.00. The van der Waals surface area contributed by atoms with E-state index in [1.54, 1.807) is 17.5 Å². The van der Waals surface area contributed by atoms with Crippen LogP contribution in [0.5, 0.6) is 0 Å². The van der Waals surface area contributed by atoms with Gasteiger partial charge in [-0.1, -0.05) is 53.8 Å². The number of aromatic nitrogens is 4. The van der Waals surface area contributed by atoms with Crippen molar-refractivity contribution in [2.75, 3.05) is 16.0 Å². The van der Waals surface area contributed by atoms with Crippen molar-refractivity contribution in [2.24, 2.45) is 0 Å². The summed E-state index contributed by atoms with van der Waals surface area (Å²) in [6.45, 7) is 2.64. The van der Waals surface area contributed by atoms with Gasteiger partial charge in [-0.15, -0.1) is 0 Å². The highest BCUT2D eigenvalue weighted by Gasteiger charge is 2.19. The molecule has 3 N–H and O–H groups in total. The Kier molecular flexibility index (Phi) is 5.35. The topological polar surface area (TPSA) is 92.9 Å². The molecule has 3 heterocycles. The molecule has 32 heavy (non-hydrogen) atoms. The number of fused-ring (bicyclic) bond motifs is 1. The van der Waals surface area contributed by atoms with E-state index in [1.807, 2.05) is 47.4 Å². The van der Waals surface area contributed by atoms with Crippen molar-refractivity contribution < 1.29 is 0 Å². The molecule has 0 spiro atoms. The van der Waals surface area contributed by atoms with Crippen molar-refractivity contribution in [3.8, 4) is 0 Å². The number of hydrogen-bond donors (Lipinski definition) is 2. The van der Waals surface area contributed by atoms with E-state index in [0.29, 0.717) is 23.9 Å². The van der Waals surface area contributed by atoms with Crippen LogP contribution in [0, 0.1) is 6.92 Å². The zero-order chi connectivity index (χ0) is 21.9. The molecular weight excluding hydrogens is 418 g/mol. The molecule has 7 nitrogen and oxygen atoms in total. The van der Waals surface area contributed by atoms with Crippen LogP contribution >= 0.6 is 11.3 Å². The van der Waals surface area contributed by atoms with Crippen LogP contribution in [0.2, 0.25) is 0 Å². The van der Waals surface area contributed by atoms with Gasteiger partial charge >= 0.3 is 0 Å². The molecule has 0 aliphatic rings. The van der Waals surface area contributed by atoms with Gasteiger partial charge in [0.15, 0.2) is 16.8 Å². The molecule has 8 heteroatoms. The lowest BCUT2D eigenvalue weighted by Gasteiger charge is -2.24. The Bertz CT molecular complexity index is 1350. The quantitative estimate of drug-likeness (QED) is 0.363. The van der Waals surface area contributed by atoms with Crippen LogP contribution in [0.25, 0.3) is 10.2 Å². The zero-order valence-corrected chi connectivity index (χ0v) is 18.3. The highest BCUT2D eigenvalue weighted by molar-refractivity contribution is 7.22. The van der Waals surface area contributed by atoms with Crippen LogP contribution in [0.3, 0.4) is 0 Å². The number of nitrogens with zero attached hydrogens (tertiary/aromatic N) is 5. The number of benzene rings is 2. The Morgan fingerprint density at radius 3 is 2.62 bits per heavy atom.